The zero-order valence-electron chi connectivity index (χ0n) is 10.9. The molecule has 3 heteroatoms. The van der Waals surface area contributed by atoms with Crippen LogP contribution in [0.3, 0.4) is 0 Å². The molecule has 20 heavy (non-hydrogen) atoms. The first kappa shape index (κ1) is 12.4. The van der Waals surface area contributed by atoms with Gasteiger partial charge >= 0.3 is 0 Å². The van der Waals surface area contributed by atoms with Crippen molar-refractivity contribution in [1.29, 1.82) is 0 Å². The topological polar surface area (TPSA) is 42.0 Å². The number of carbonyl (C=O) groups excluding carboxylic acids is 1. The number of fused-ring (bicyclic) bond motifs is 1. The summed E-state index contributed by atoms with van der Waals surface area (Å²) in [5, 5.41) is 5.17. The second-order valence-corrected chi connectivity index (χ2v) is 4.65. The van der Waals surface area contributed by atoms with Crippen molar-refractivity contribution in [1.82, 2.24) is 4.98 Å². The zero-order chi connectivity index (χ0) is 13.8. The van der Waals surface area contributed by atoms with Crippen molar-refractivity contribution >= 4 is 22.4 Å². The monoisotopic (exact) mass is 262 g/mol. The molecule has 0 aliphatic rings. The third-order valence-corrected chi connectivity index (χ3v) is 3.12. The van der Waals surface area contributed by atoms with Crippen LogP contribution in [0.2, 0.25) is 0 Å². The minimum absolute atomic E-state index is 0.0340. The highest BCUT2D eigenvalue weighted by Crippen LogP contribution is 2.16. The molecular formula is C17H14N2O. The molecule has 0 fully saturated rings. The normalized spacial score (nSPS) is 10.4. The number of nitrogens with zero attached hydrogens (tertiary/aromatic N) is 1. The number of hydrogen-bond acceptors (Lipinski definition) is 2. The zero-order valence-corrected chi connectivity index (χ0v) is 10.9. The number of hydrogen-bond donors (Lipinski definition) is 1. The quantitative estimate of drug-likeness (QED) is 0.786. The van der Waals surface area contributed by atoms with Crippen LogP contribution in [0.1, 0.15) is 5.56 Å². The van der Waals surface area contributed by atoms with Crippen molar-refractivity contribution in [3.8, 4) is 0 Å². The summed E-state index contributed by atoms with van der Waals surface area (Å²) >= 11 is 0. The average Bonchev–Trinajstić information content (AvgIpc) is 2.48. The van der Waals surface area contributed by atoms with Crippen molar-refractivity contribution in [2.75, 3.05) is 5.32 Å². The van der Waals surface area contributed by atoms with Crippen molar-refractivity contribution < 1.29 is 4.79 Å². The summed E-state index contributed by atoms with van der Waals surface area (Å²) in [6, 6.07) is 17.8. The molecule has 0 saturated carbocycles. The van der Waals surface area contributed by atoms with E-state index >= 15 is 0 Å². The number of pyridine rings is 1. The number of aromatic nitrogens is 1. The molecule has 0 unspecified atom stereocenters. The maximum Gasteiger partial charge on any atom is 0.228 e. The minimum atomic E-state index is -0.0340. The standard InChI is InChI=1S/C17H14N2O/c20-17(19-16-6-3-9-18-12-16)11-13-7-8-14-4-1-2-5-15(14)10-13/h1-10,12H,11H2,(H,19,20). The van der Waals surface area contributed by atoms with Crippen LogP contribution in [-0.2, 0) is 11.2 Å². The van der Waals surface area contributed by atoms with Crippen LogP contribution in [0.25, 0.3) is 10.8 Å². The van der Waals surface area contributed by atoms with Gasteiger partial charge in [0, 0.05) is 6.20 Å². The molecule has 3 aromatic rings. The minimum Gasteiger partial charge on any atom is -0.324 e. The van der Waals surface area contributed by atoms with Gasteiger partial charge in [0.1, 0.15) is 0 Å². The van der Waals surface area contributed by atoms with Gasteiger partial charge in [-0.1, -0.05) is 42.5 Å². The predicted octanol–water partition coefficient (Wildman–Crippen LogP) is 3.42. The van der Waals surface area contributed by atoms with E-state index in [1.54, 1.807) is 18.5 Å². The van der Waals surface area contributed by atoms with Gasteiger partial charge in [-0.2, -0.15) is 0 Å². The molecular weight excluding hydrogens is 248 g/mol. The smallest absolute Gasteiger partial charge is 0.228 e. The summed E-state index contributed by atoms with van der Waals surface area (Å²) in [6.07, 6.45) is 3.68. The average molecular weight is 262 g/mol. The van der Waals surface area contributed by atoms with Gasteiger partial charge in [-0.15, -0.1) is 0 Å². The lowest BCUT2D eigenvalue weighted by Crippen LogP contribution is -2.14. The van der Waals surface area contributed by atoms with Crippen LogP contribution < -0.4 is 5.32 Å². The summed E-state index contributed by atoms with van der Waals surface area (Å²) in [5.74, 6) is -0.0340. The summed E-state index contributed by atoms with van der Waals surface area (Å²) in [6.45, 7) is 0. The van der Waals surface area contributed by atoms with E-state index in [2.05, 4.69) is 28.5 Å². The first-order valence-corrected chi connectivity index (χ1v) is 6.49. The SMILES string of the molecule is O=C(Cc1ccc2ccccc2c1)Nc1cccnc1. The van der Waals surface area contributed by atoms with Gasteiger partial charge in [0.15, 0.2) is 0 Å². The van der Waals surface area contributed by atoms with Crippen molar-refractivity contribution in [3.63, 3.8) is 0 Å². The highest BCUT2D eigenvalue weighted by atomic mass is 16.1. The molecule has 1 heterocycles. The summed E-state index contributed by atoms with van der Waals surface area (Å²) in [7, 11) is 0. The van der Waals surface area contributed by atoms with Gasteiger partial charge in [0.05, 0.1) is 18.3 Å². The molecule has 0 aliphatic carbocycles. The first-order valence-electron chi connectivity index (χ1n) is 6.49. The lowest BCUT2D eigenvalue weighted by atomic mass is 10.0. The van der Waals surface area contributed by atoms with Crippen LogP contribution in [-0.4, -0.2) is 10.9 Å². The molecule has 3 nitrogen and oxygen atoms in total. The fraction of sp³-hybridized carbons (Fsp3) is 0.0588. The van der Waals surface area contributed by atoms with E-state index in [9.17, 15) is 4.79 Å². The highest BCUT2D eigenvalue weighted by molar-refractivity contribution is 5.93. The fourth-order valence-electron chi connectivity index (χ4n) is 2.18. The van der Waals surface area contributed by atoms with Gasteiger partial charge in [-0.25, -0.2) is 0 Å². The highest BCUT2D eigenvalue weighted by Gasteiger charge is 2.04. The number of benzene rings is 2. The number of anilines is 1. The largest absolute Gasteiger partial charge is 0.324 e. The molecule has 1 amide bonds. The molecule has 0 radical (unpaired) electrons. The molecule has 0 aliphatic heterocycles. The van der Waals surface area contributed by atoms with E-state index in [1.165, 1.54) is 5.39 Å². The van der Waals surface area contributed by atoms with E-state index in [0.29, 0.717) is 6.42 Å². The van der Waals surface area contributed by atoms with E-state index in [1.807, 2.05) is 30.3 Å². The second kappa shape index (κ2) is 5.53. The van der Waals surface area contributed by atoms with E-state index in [-0.39, 0.29) is 5.91 Å². The maximum atomic E-state index is 12.0. The fourth-order valence-corrected chi connectivity index (χ4v) is 2.18. The Morgan fingerprint density at radius 2 is 1.85 bits per heavy atom. The molecule has 0 bridgehead atoms. The Morgan fingerprint density at radius 1 is 1.00 bits per heavy atom. The molecule has 98 valence electrons. The van der Waals surface area contributed by atoms with Crippen LogP contribution >= 0.6 is 0 Å². The predicted molar refractivity (Wildman–Crippen MR) is 80.5 cm³/mol. The Hall–Kier alpha value is -2.68. The lowest BCUT2D eigenvalue weighted by Gasteiger charge is -2.06. The second-order valence-electron chi connectivity index (χ2n) is 4.65. The first-order chi connectivity index (χ1) is 9.81. The number of nitrogens with one attached hydrogen (secondary N) is 1. The van der Waals surface area contributed by atoms with Gasteiger partial charge in [0.2, 0.25) is 5.91 Å². The van der Waals surface area contributed by atoms with Crippen LogP contribution in [0, 0.1) is 0 Å². The van der Waals surface area contributed by atoms with Gasteiger partial charge in [0.25, 0.3) is 0 Å². The molecule has 2 aromatic carbocycles. The number of carbonyl (C=O) groups is 1. The Kier molecular flexibility index (Phi) is 3.42. The lowest BCUT2D eigenvalue weighted by molar-refractivity contribution is -0.115. The Labute approximate surface area is 117 Å². The van der Waals surface area contributed by atoms with Crippen LogP contribution in [0.4, 0.5) is 5.69 Å². The number of amides is 1. The van der Waals surface area contributed by atoms with Crippen molar-refractivity contribution in [3.05, 3.63) is 72.6 Å². The Bertz CT molecular complexity index is 738. The molecule has 0 atom stereocenters. The van der Waals surface area contributed by atoms with E-state index in [4.69, 9.17) is 0 Å². The third-order valence-electron chi connectivity index (χ3n) is 3.12. The third kappa shape index (κ3) is 2.83. The maximum absolute atomic E-state index is 12.0. The van der Waals surface area contributed by atoms with Gasteiger partial charge in [-0.3, -0.25) is 9.78 Å². The van der Waals surface area contributed by atoms with E-state index < -0.39 is 0 Å². The summed E-state index contributed by atoms with van der Waals surface area (Å²) in [5.41, 5.74) is 1.73. The Balaban J connectivity index is 1.74. The molecule has 0 saturated heterocycles. The molecule has 1 aromatic heterocycles. The van der Waals surface area contributed by atoms with Gasteiger partial charge in [-0.05, 0) is 28.5 Å². The number of rotatable bonds is 3. The molecule has 3 rings (SSSR count). The van der Waals surface area contributed by atoms with Crippen LogP contribution in [0.15, 0.2) is 67.0 Å². The summed E-state index contributed by atoms with van der Waals surface area (Å²) < 4.78 is 0. The van der Waals surface area contributed by atoms with Crippen molar-refractivity contribution in [2.24, 2.45) is 0 Å². The van der Waals surface area contributed by atoms with Crippen LogP contribution in [0.5, 0.6) is 0 Å². The van der Waals surface area contributed by atoms with Crippen molar-refractivity contribution in [2.45, 2.75) is 6.42 Å². The molecule has 1 N–H and O–H groups in total. The summed E-state index contributed by atoms with van der Waals surface area (Å²) in [4.78, 5) is 16.0. The van der Waals surface area contributed by atoms with Gasteiger partial charge < -0.3 is 5.32 Å². The Morgan fingerprint density at radius 3 is 2.65 bits per heavy atom. The molecule has 0 spiro atoms. The van der Waals surface area contributed by atoms with E-state index in [0.717, 1.165) is 16.6 Å².